The minimum absolute atomic E-state index is 0.0253. The van der Waals surface area contributed by atoms with Crippen molar-refractivity contribution < 1.29 is 27.2 Å². The molecule has 1 unspecified atom stereocenters. The number of piperazine rings is 2. The van der Waals surface area contributed by atoms with Gasteiger partial charge in [0.15, 0.2) is 0 Å². The molecule has 4 saturated carbocycles. The summed E-state index contributed by atoms with van der Waals surface area (Å²) in [5.74, 6) is -4.97. The monoisotopic (exact) mass is 1330 g/mol. The molecule has 0 spiro atoms. The molecule has 2 amide bonds. The molecule has 22 heteroatoms. The zero-order valence-corrected chi connectivity index (χ0v) is 58.1. The van der Waals surface area contributed by atoms with E-state index in [0.717, 1.165) is 176 Å². The summed E-state index contributed by atoms with van der Waals surface area (Å²) in [7, 11) is 2.16. The Labute approximate surface area is 559 Å². The number of pyridine rings is 2. The fourth-order valence-corrected chi connectivity index (χ4v) is 18.1. The Morgan fingerprint density at radius 2 is 1.04 bits per heavy atom. The molecule has 12 rings (SSSR count). The topological polar surface area (TPSA) is 171 Å². The standard InChI is InChI=1S/C72H98F4N12O4S2/c1-42-32-63(93-8)58(67(89)79-42)40-77-69(91)65-47(6)87(45(4)48-11-15-50(16-12-48)81-52-36-71(73,74)37-52)60-23-20-54(34-57(60)65)86-30-28-84(29-31-86)44(3)10-22-61-66(70(92)78-41-59-64(94-9)33-43(2)80-68(59)90)56-21-19-55(85-26-24-83(7)25-27-85)35-62(56)88(61)46(5)49-13-17-51(18-14-49)82-53-38-72(75,76)39-53/h19-21,23,32-35,44-46,48-53,81-82H,10-18,22,24-31,36-41H2,1-9H3,(H,77,91)(H,78,92)(H,79,89)(H,80,90)/t44?,45-,46-,48?,49?,50?,51?/m1/s1. The second kappa shape index (κ2) is 28.4. The number of rotatable bonds is 22. The molecular formula is C72H98F4N12O4S2. The SMILES string of the molecule is CSc1cc(C)[nH]c(=O)c1CNC(=O)c1c(C)n([C@H](C)C2CCC(NC3CC(F)(F)C3)CC2)c2ccc(N3CCN(C(C)CCc4c(C(=O)NCc5c(SC)cc(C)[nH]c5=O)c5ccc(N6CCN(C)CC6)cc5n4[C@H](C)C4CCC(NC5CC(F)(F)C5)CC4)CC3)cc12. The van der Waals surface area contributed by atoms with Crippen LogP contribution in [0.15, 0.2) is 67.9 Å². The lowest BCUT2D eigenvalue weighted by atomic mass is 9.80. The number of likely N-dealkylation sites (N-methyl/N-ethyl adjacent to an activating group) is 1. The van der Waals surface area contributed by atoms with Gasteiger partial charge in [0, 0.05) is 205 Å². The number of H-pyrrole nitrogens is 2. The Morgan fingerprint density at radius 3 is 1.54 bits per heavy atom. The number of amides is 2. The Morgan fingerprint density at radius 1 is 0.574 bits per heavy atom. The normalized spacial score (nSPS) is 23.3. The number of fused-ring (bicyclic) bond motifs is 2. The number of anilines is 2. The van der Waals surface area contributed by atoms with Crippen molar-refractivity contribution in [2.24, 2.45) is 11.8 Å². The van der Waals surface area contributed by atoms with Gasteiger partial charge in [0.05, 0.1) is 16.6 Å². The van der Waals surface area contributed by atoms with Crippen LogP contribution >= 0.6 is 23.5 Å². The number of nitrogens with zero attached hydrogens (tertiary/aromatic N) is 6. The number of alkyl halides is 4. The molecule has 4 aromatic heterocycles. The van der Waals surface area contributed by atoms with Gasteiger partial charge in [-0.3, -0.25) is 24.1 Å². The van der Waals surface area contributed by atoms with Crippen molar-refractivity contribution in [3.05, 3.63) is 114 Å². The highest BCUT2D eigenvalue weighted by molar-refractivity contribution is 7.98. The molecule has 2 aliphatic heterocycles. The highest BCUT2D eigenvalue weighted by Crippen LogP contribution is 2.45. The molecule has 6 aliphatic rings. The van der Waals surface area contributed by atoms with Crippen LogP contribution < -0.4 is 42.2 Å². The summed E-state index contributed by atoms with van der Waals surface area (Å²) in [5, 5.41) is 15.3. The van der Waals surface area contributed by atoms with E-state index in [2.05, 4.69) is 124 Å². The number of carbonyl (C=O) groups excluding carboxylic acids is 2. The largest absolute Gasteiger partial charge is 0.369 e. The molecule has 510 valence electrons. The lowest BCUT2D eigenvalue weighted by Gasteiger charge is -2.41. The fraction of sp³-hybridized carbons (Fsp3) is 0.611. The van der Waals surface area contributed by atoms with Gasteiger partial charge in [-0.1, -0.05) is 0 Å². The maximum Gasteiger partial charge on any atom is 0.254 e. The van der Waals surface area contributed by atoms with Crippen LogP contribution in [0.25, 0.3) is 21.8 Å². The fourth-order valence-electron chi connectivity index (χ4n) is 16.7. The number of carbonyl (C=O) groups is 2. The third-order valence-corrected chi connectivity index (χ3v) is 24.0. The highest BCUT2D eigenvalue weighted by Gasteiger charge is 2.47. The predicted molar refractivity (Wildman–Crippen MR) is 373 cm³/mol. The average molecular weight is 1340 g/mol. The molecule has 2 aromatic carbocycles. The van der Waals surface area contributed by atoms with Crippen LogP contribution in [0.3, 0.4) is 0 Å². The van der Waals surface area contributed by atoms with Crippen molar-refractivity contribution in [3.63, 3.8) is 0 Å². The van der Waals surface area contributed by atoms with Crippen molar-refractivity contribution in [2.75, 3.05) is 81.7 Å². The number of aromatic nitrogens is 4. The molecule has 4 aliphatic carbocycles. The molecule has 6 aromatic rings. The van der Waals surface area contributed by atoms with Gasteiger partial charge in [0.1, 0.15) is 0 Å². The summed E-state index contributed by atoms with van der Waals surface area (Å²) < 4.78 is 60.2. The van der Waals surface area contributed by atoms with Gasteiger partial charge in [-0.05, 0) is 186 Å². The second-order valence-corrected chi connectivity index (χ2v) is 30.3. The third-order valence-electron chi connectivity index (χ3n) is 22.3. The van der Waals surface area contributed by atoms with Crippen LogP contribution in [0.2, 0.25) is 0 Å². The molecule has 2 saturated heterocycles. The zero-order chi connectivity index (χ0) is 66.5. The van der Waals surface area contributed by atoms with Gasteiger partial charge >= 0.3 is 0 Å². The number of aryl methyl sites for hydroxylation is 2. The van der Waals surface area contributed by atoms with Crippen molar-refractivity contribution in [3.8, 4) is 0 Å². The lowest BCUT2D eigenvalue weighted by Crippen LogP contribution is -2.52. The number of hydrogen-bond donors (Lipinski definition) is 6. The molecule has 3 atom stereocenters. The number of thioether (sulfide) groups is 2. The molecule has 16 nitrogen and oxygen atoms in total. The molecular weight excluding hydrogens is 1240 g/mol. The quantitative estimate of drug-likeness (QED) is 0.0281. The predicted octanol–water partition coefficient (Wildman–Crippen LogP) is 12.1. The van der Waals surface area contributed by atoms with Gasteiger partial charge < -0.3 is 55.1 Å². The molecule has 0 radical (unpaired) electrons. The van der Waals surface area contributed by atoms with Gasteiger partial charge in [-0.15, -0.1) is 23.5 Å². The lowest BCUT2D eigenvalue weighted by molar-refractivity contribution is -0.0964. The minimum Gasteiger partial charge on any atom is -0.369 e. The van der Waals surface area contributed by atoms with Gasteiger partial charge in [0.2, 0.25) is 0 Å². The first-order valence-corrected chi connectivity index (χ1v) is 37.0. The van der Waals surface area contributed by atoms with E-state index < -0.39 is 11.8 Å². The van der Waals surface area contributed by atoms with Crippen LogP contribution in [0.5, 0.6) is 0 Å². The van der Waals surface area contributed by atoms with Gasteiger partial charge in [-0.2, -0.15) is 0 Å². The van der Waals surface area contributed by atoms with Crippen LogP contribution in [0.1, 0.15) is 171 Å². The van der Waals surface area contributed by atoms with Crippen LogP contribution in [0.4, 0.5) is 28.9 Å². The zero-order valence-electron chi connectivity index (χ0n) is 56.4. The summed E-state index contributed by atoms with van der Waals surface area (Å²) in [6.45, 7) is 19.6. The Kier molecular flexibility index (Phi) is 20.6. The highest BCUT2D eigenvalue weighted by atomic mass is 32.2. The summed E-state index contributed by atoms with van der Waals surface area (Å²) >= 11 is 2.97. The van der Waals surface area contributed by atoms with E-state index in [1.807, 2.05) is 45.4 Å². The molecule has 6 heterocycles. The second-order valence-electron chi connectivity index (χ2n) is 28.6. The van der Waals surface area contributed by atoms with Crippen molar-refractivity contribution in [1.29, 1.82) is 0 Å². The van der Waals surface area contributed by atoms with E-state index in [0.29, 0.717) is 40.5 Å². The van der Waals surface area contributed by atoms with E-state index >= 15 is 4.79 Å². The smallest absolute Gasteiger partial charge is 0.254 e. The van der Waals surface area contributed by atoms with E-state index in [-0.39, 0.29) is 104 Å². The van der Waals surface area contributed by atoms with Crippen molar-refractivity contribution >= 4 is 68.5 Å². The Bertz CT molecular complexity index is 3840. The van der Waals surface area contributed by atoms with Crippen LogP contribution in [-0.4, -0.2) is 155 Å². The first kappa shape index (κ1) is 68.2. The first-order chi connectivity index (χ1) is 44.9. The maximum atomic E-state index is 15.3. The van der Waals surface area contributed by atoms with Crippen molar-refractivity contribution in [1.82, 2.24) is 50.2 Å². The summed E-state index contributed by atoms with van der Waals surface area (Å²) in [5.41, 5.74) is 9.42. The Hall–Kier alpha value is -5.78. The average Bonchev–Trinajstić information content (AvgIpc) is 1.60. The molecule has 6 N–H and O–H groups in total. The Balaban J connectivity index is 0.803. The molecule has 94 heavy (non-hydrogen) atoms. The number of aromatic amines is 2. The minimum atomic E-state index is -2.57. The van der Waals surface area contributed by atoms with Crippen LogP contribution in [0, 0.1) is 32.6 Å². The maximum absolute atomic E-state index is 15.3. The van der Waals surface area contributed by atoms with Crippen molar-refractivity contribution in [2.45, 2.75) is 208 Å². The number of hydrogen-bond acceptors (Lipinski definition) is 12. The van der Waals surface area contributed by atoms with E-state index in [1.165, 1.54) is 23.5 Å². The van der Waals surface area contributed by atoms with E-state index in [9.17, 15) is 31.9 Å². The third kappa shape index (κ3) is 14.6. The first-order valence-electron chi connectivity index (χ1n) is 34.6. The van der Waals surface area contributed by atoms with Crippen LogP contribution in [-0.2, 0) is 19.5 Å². The molecule has 6 fully saturated rings. The number of halogens is 4. The summed E-state index contributed by atoms with van der Waals surface area (Å²) in [6, 6.07) is 17.4. The van der Waals surface area contributed by atoms with E-state index in [4.69, 9.17) is 0 Å². The summed E-state index contributed by atoms with van der Waals surface area (Å²) in [4.78, 5) is 74.1. The van der Waals surface area contributed by atoms with E-state index in [1.54, 1.807) is 0 Å². The van der Waals surface area contributed by atoms with Gasteiger partial charge in [0.25, 0.3) is 34.8 Å². The number of nitrogens with one attached hydrogen (secondary N) is 6. The molecule has 0 bridgehead atoms. The van der Waals surface area contributed by atoms with Gasteiger partial charge in [-0.25, -0.2) is 17.6 Å². The number of benzene rings is 2. The summed E-state index contributed by atoms with van der Waals surface area (Å²) in [6.07, 6.45) is 12.3.